The van der Waals surface area contributed by atoms with E-state index in [1.165, 1.54) is 167 Å². The van der Waals surface area contributed by atoms with Crippen molar-refractivity contribution < 1.29 is 20.1 Å². The fourth-order valence-corrected chi connectivity index (χ4v) is 6.75. The SMILES string of the molecule is CCCCCCCCCCCCCC/C=C/CCCC(O)C(O)C(CO)NC(=O)CCCCCCCCCCCCCCCCCCC. The minimum absolute atomic E-state index is 0.151. The highest BCUT2D eigenvalue weighted by atomic mass is 16.3. The summed E-state index contributed by atoms with van der Waals surface area (Å²) in [5, 5.41) is 33.5. The maximum absolute atomic E-state index is 12.4. The van der Waals surface area contributed by atoms with Gasteiger partial charge in [-0.1, -0.05) is 199 Å². The van der Waals surface area contributed by atoms with Crippen LogP contribution >= 0.6 is 0 Å². The standard InChI is InChI=1S/C43H85NO4/c1-3-5-7-9-11-13-15-17-19-21-23-25-27-29-31-33-35-37-41(46)43(48)40(39-45)44-42(47)38-36-34-32-30-28-26-24-22-20-18-16-14-12-10-8-6-4-2/h29,31,40-41,43,45-46,48H,3-28,30,32-39H2,1-2H3,(H,44,47)/b31-29+. The van der Waals surface area contributed by atoms with Crippen molar-refractivity contribution in [3.8, 4) is 0 Å². The zero-order valence-corrected chi connectivity index (χ0v) is 32.4. The van der Waals surface area contributed by atoms with E-state index in [2.05, 4.69) is 31.3 Å². The van der Waals surface area contributed by atoms with Gasteiger partial charge < -0.3 is 20.6 Å². The first kappa shape index (κ1) is 47.1. The molecule has 48 heavy (non-hydrogen) atoms. The van der Waals surface area contributed by atoms with Crippen molar-refractivity contribution in [3.63, 3.8) is 0 Å². The summed E-state index contributed by atoms with van der Waals surface area (Å²) in [7, 11) is 0. The number of nitrogens with one attached hydrogen (secondary N) is 1. The molecule has 0 aromatic carbocycles. The third-order valence-electron chi connectivity index (χ3n) is 10.1. The van der Waals surface area contributed by atoms with Gasteiger partial charge in [-0.15, -0.1) is 0 Å². The molecule has 5 heteroatoms. The number of rotatable bonds is 39. The predicted octanol–water partition coefficient (Wildman–Crippen LogP) is 12.0. The first-order chi connectivity index (χ1) is 23.6. The van der Waals surface area contributed by atoms with Gasteiger partial charge in [0.05, 0.1) is 18.8 Å². The molecule has 0 saturated heterocycles. The van der Waals surface area contributed by atoms with Crippen LogP contribution in [0.3, 0.4) is 0 Å². The van der Waals surface area contributed by atoms with Crippen LogP contribution in [0.1, 0.15) is 232 Å². The summed E-state index contributed by atoms with van der Waals surface area (Å²) in [4.78, 5) is 12.4. The predicted molar refractivity (Wildman–Crippen MR) is 208 cm³/mol. The van der Waals surface area contributed by atoms with Crippen LogP contribution < -0.4 is 5.32 Å². The quantitative estimate of drug-likeness (QED) is 0.0384. The van der Waals surface area contributed by atoms with Gasteiger partial charge >= 0.3 is 0 Å². The number of aliphatic hydroxyl groups is 3. The zero-order chi connectivity index (χ0) is 35.2. The van der Waals surface area contributed by atoms with Gasteiger partial charge in [0.25, 0.3) is 0 Å². The van der Waals surface area contributed by atoms with E-state index in [4.69, 9.17) is 0 Å². The molecule has 0 spiro atoms. The molecule has 0 aliphatic heterocycles. The molecule has 286 valence electrons. The Hall–Kier alpha value is -0.910. The van der Waals surface area contributed by atoms with E-state index < -0.39 is 18.2 Å². The molecule has 0 aromatic heterocycles. The van der Waals surface area contributed by atoms with Gasteiger partial charge in [-0.05, 0) is 38.5 Å². The highest BCUT2D eigenvalue weighted by molar-refractivity contribution is 5.76. The molecule has 3 unspecified atom stereocenters. The van der Waals surface area contributed by atoms with Crippen molar-refractivity contribution in [1.29, 1.82) is 0 Å². The van der Waals surface area contributed by atoms with Gasteiger partial charge in [0.2, 0.25) is 5.91 Å². The average Bonchev–Trinajstić information content (AvgIpc) is 3.09. The van der Waals surface area contributed by atoms with Crippen LogP contribution in [-0.2, 0) is 4.79 Å². The van der Waals surface area contributed by atoms with Crippen molar-refractivity contribution in [1.82, 2.24) is 5.32 Å². The molecule has 0 aliphatic carbocycles. The molecule has 0 aliphatic rings. The number of allylic oxidation sites excluding steroid dienone is 2. The normalized spacial score (nSPS) is 13.7. The fourth-order valence-electron chi connectivity index (χ4n) is 6.75. The second-order valence-electron chi connectivity index (χ2n) is 14.9. The van der Waals surface area contributed by atoms with Gasteiger partial charge in [0.15, 0.2) is 0 Å². The number of carbonyl (C=O) groups excluding carboxylic acids is 1. The molecule has 3 atom stereocenters. The lowest BCUT2D eigenvalue weighted by Gasteiger charge is -2.26. The van der Waals surface area contributed by atoms with Crippen molar-refractivity contribution in [2.75, 3.05) is 6.61 Å². The van der Waals surface area contributed by atoms with Crippen LogP contribution in [0.5, 0.6) is 0 Å². The fraction of sp³-hybridized carbons (Fsp3) is 0.930. The van der Waals surface area contributed by atoms with Gasteiger partial charge in [-0.3, -0.25) is 4.79 Å². The number of unbranched alkanes of at least 4 members (excludes halogenated alkanes) is 29. The Labute approximate surface area is 299 Å². The lowest BCUT2D eigenvalue weighted by molar-refractivity contribution is -0.124. The molecule has 0 fully saturated rings. The van der Waals surface area contributed by atoms with Gasteiger partial charge in [0.1, 0.15) is 6.10 Å². The molecular formula is C43H85NO4. The molecule has 4 N–H and O–H groups in total. The van der Waals surface area contributed by atoms with E-state index in [1.807, 2.05) is 0 Å². The van der Waals surface area contributed by atoms with Gasteiger partial charge in [0, 0.05) is 6.42 Å². The molecule has 5 nitrogen and oxygen atoms in total. The molecule has 0 rings (SSSR count). The number of hydrogen-bond acceptors (Lipinski definition) is 4. The number of amides is 1. The van der Waals surface area contributed by atoms with Crippen LogP contribution in [-0.4, -0.2) is 46.1 Å². The molecule has 0 bridgehead atoms. The maximum atomic E-state index is 12.4. The summed E-state index contributed by atoms with van der Waals surface area (Å²) in [5.74, 6) is -0.151. The third-order valence-corrected chi connectivity index (χ3v) is 10.1. The molecular weight excluding hydrogens is 594 g/mol. The second-order valence-corrected chi connectivity index (χ2v) is 14.9. The highest BCUT2D eigenvalue weighted by Crippen LogP contribution is 2.16. The summed E-state index contributed by atoms with van der Waals surface area (Å²) >= 11 is 0. The first-order valence-electron chi connectivity index (χ1n) is 21.5. The van der Waals surface area contributed by atoms with Crippen molar-refractivity contribution in [2.24, 2.45) is 0 Å². The van der Waals surface area contributed by atoms with E-state index in [0.29, 0.717) is 12.8 Å². The lowest BCUT2D eigenvalue weighted by Crippen LogP contribution is -2.50. The van der Waals surface area contributed by atoms with Crippen LogP contribution in [0.15, 0.2) is 12.2 Å². The number of hydrogen-bond donors (Lipinski definition) is 4. The van der Waals surface area contributed by atoms with Crippen molar-refractivity contribution in [3.05, 3.63) is 12.2 Å². The Morgan fingerprint density at radius 3 is 1.21 bits per heavy atom. The van der Waals surface area contributed by atoms with Crippen LogP contribution in [0.2, 0.25) is 0 Å². The van der Waals surface area contributed by atoms with Crippen LogP contribution in [0.4, 0.5) is 0 Å². The summed E-state index contributed by atoms with van der Waals surface area (Å²) in [5.41, 5.74) is 0. The molecule has 0 aromatic rings. The summed E-state index contributed by atoms with van der Waals surface area (Å²) in [6.45, 7) is 4.18. The maximum Gasteiger partial charge on any atom is 0.220 e. The first-order valence-corrected chi connectivity index (χ1v) is 21.5. The molecule has 0 radical (unpaired) electrons. The molecule has 0 saturated carbocycles. The summed E-state index contributed by atoms with van der Waals surface area (Å²) in [6.07, 6.45) is 44.6. The van der Waals surface area contributed by atoms with E-state index in [1.54, 1.807) is 0 Å². The largest absolute Gasteiger partial charge is 0.394 e. The Bertz CT molecular complexity index is 669. The van der Waals surface area contributed by atoms with E-state index in [-0.39, 0.29) is 12.5 Å². The van der Waals surface area contributed by atoms with E-state index in [9.17, 15) is 20.1 Å². The van der Waals surface area contributed by atoms with E-state index >= 15 is 0 Å². The number of aliphatic hydroxyl groups excluding tert-OH is 3. The number of carbonyl (C=O) groups is 1. The molecule has 0 heterocycles. The van der Waals surface area contributed by atoms with Crippen molar-refractivity contribution >= 4 is 5.91 Å². The lowest BCUT2D eigenvalue weighted by atomic mass is 10.0. The topological polar surface area (TPSA) is 89.8 Å². The Balaban J connectivity index is 3.65. The summed E-state index contributed by atoms with van der Waals surface area (Å²) < 4.78 is 0. The van der Waals surface area contributed by atoms with Gasteiger partial charge in [-0.25, -0.2) is 0 Å². The minimum atomic E-state index is -1.15. The Morgan fingerprint density at radius 1 is 0.500 bits per heavy atom. The Kier molecular flexibility index (Phi) is 38.1. The van der Waals surface area contributed by atoms with Gasteiger partial charge in [-0.2, -0.15) is 0 Å². The third kappa shape index (κ3) is 33.6. The van der Waals surface area contributed by atoms with Crippen LogP contribution in [0.25, 0.3) is 0 Å². The van der Waals surface area contributed by atoms with Crippen LogP contribution in [0, 0.1) is 0 Å². The second kappa shape index (κ2) is 38.9. The smallest absolute Gasteiger partial charge is 0.220 e. The molecule has 1 amide bonds. The zero-order valence-electron chi connectivity index (χ0n) is 32.4. The average molecular weight is 680 g/mol. The summed E-state index contributed by atoms with van der Waals surface area (Å²) in [6, 6.07) is -0.820. The highest BCUT2D eigenvalue weighted by Gasteiger charge is 2.26. The minimum Gasteiger partial charge on any atom is -0.394 e. The Morgan fingerprint density at radius 2 is 0.833 bits per heavy atom. The monoisotopic (exact) mass is 680 g/mol. The van der Waals surface area contributed by atoms with E-state index in [0.717, 1.165) is 38.5 Å². The van der Waals surface area contributed by atoms with Crippen molar-refractivity contribution in [2.45, 2.75) is 250 Å².